The van der Waals surface area contributed by atoms with E-state index >= 15 is 0 Å². The van der Waals surface area contributed by atoms with Crippen molar-refractivity contribution in [2.45, 2.75) is 19.1 Å². The summed E-state index contributed by atoms with van der Waals surface area (Å²) in [4.78, 5) is 1.18. The van der Waals surface area contributed by atoms with Crippen molar-refractivity contribution in [2.24, 2.45) is 0 Å². The van der Waals surface area contributed by atoms with E-state index in [1.807, 2.05) is 23.6 Å². The highest BCUT2D eigenvalue weighted by Crippen LogP contribution is 2.09. The topological polar surface area (TPSA) is 50.7 Å². The van der Waals surface area contributed by atoms with E-state index in [4.69, 9.17) is 9.47 Å². The molecule has 0 aliphatic rings. The predicted octanol–water partition coefficient (Wildman–Crippen LogP) is 1.81. The molecule has 0 spiro atoms. The molecule has 19 heavy (non-hydrogen) atoms. The second-order valence-electron chi connectivity index (χ2n) is 4.14. The molecule has 1 aromatic rings. The summed E-state index contributed by atoms with van der Waals surface area (Å²) in [6.07, 6.45) is 2.23. The van der Waals surface area contributed by atoms with Crippen LogP contribution in [-0.2, 0) is 16.1 Å². The molecule has 4 nitrogen and oxygen atoms in total. The van der Waals surface area contributed by atoms with E-state index in [2.05, 4.69) is 11.9 Å². The SMILES string of the molecule is C=CCCOCCNCC(O)COCc1cccs1. The highest BCUT2D eigenvalue weighted by atomic mass is 32.1. The maximum absolute atomic E-state index is 9.68. The average Bonchev–Trinajstić information content (AvgIpc) is 2.91. The third-order valence-electron chi connectivity index (χ3n) is 2.40. The van der Waals surface area contributed by atoms with Gasteiger partial charge < -0.3 is 19.9 Å². The van der Waals surface area contributed by atoms with Gasteiger partial charge in [-0.15, -0.1) is 17.9 Å². The first-order valence-corrected chi connectivity index (χ1v) is 7.38. The minimum absolute atomic E-state index is 0.349. The van der Waals surface area contributed by atoms with Crippen molar-refractivity contribution in [3.05, 3.63) is 35.0 Å². The van der Waals surface area contributed by atoms with E-state index in [1.54, 1.807) is 11.3 Å². The minimum atomic E-state index is -0.479. The molecule has 0 bridgehead atoms. The van der Waals surface area contributed by atoms with Gasteiger partial charge in [0.1, 0.15) is 0 Å². The Kier molecular flexibility index (Phi) is 9.57. The molecule has 5 heteroatoms. The largest absolute Gasteiger partial charge is 0.389 e. The summed E-state index contributed by atoms with van der Waals surface area (Å²) < 4.78 is 10.8. The van der Waals surface area contributed by atoms with Gasteiger partial charge >= 0.3 is 0 Å². The lowest BCUT2D eigenvalue weighted by molar-refractivity contribution is 0.0288. The first-order chi connectivity index (χ1) is 9.33. The van der Waals surface area contributed by atoms with Crippen molar-refractivity contribution in [1.29, 1.82) is 0 Å². The smallest absolute Gasteiger partial charge is 0.0897 e. The minimum Gasteiger partial charge on any atom is -0.389 e. The molecule has 0 aromatic carbocycles. The monoisotopic (exact) mass is 285 g/mol. The molecule has 0 amide bonds. The summed E-state index contributed by atoms with van der Waals surface area (Å²) >= 11 is 1.66. The second kappa shape index (κ2) is 11.1. The van der Waals surface area contributed by atoms with Crippen LogP contribution >= 0.6 is 11.3 Å². The number of thiophene rings is 1. The van der Waals surface area contributed by atoms with Crippen LogP contribution in [0, 0.1) is 0 Å². The lowest BCUT2D eigenvalue weighted by Gasteiger charge is -2.12. The number of nitrogens with one attached hydrogen (secondary N) is 1. The number of ether oxygens (including phenoxy) is 2. The van der Waals surface area contributed by atoms with Crippen molar-refractivity contribution in [1.82, 2.24) is 5.32 Å². The Labute approximate surface area is 119 Å². The molecule has 0 aliphatic carbocycles. The van der Waals surface area contributed by atoms with Crippen LogP contribution in [0.1, 0.15) is 11.3 Å². The first-order valence-electron chi connectivity index (χ1n) is 6.50. The molecule has 0 aliphatic heterocycles. The Hall–Kier alpha value is -0.720. The third kappa shape index (κ3) is 8.91. The van der Waals surface area contributed by atoms with E-state index in [-0.39, 0.29) is 0 Å². The van der Waals surface area contributed by atoms with E-state index < -0.39 is 6.10 Å². The Morgan fingerprint density at radius 2 is 2.32 bits per heavy atom. The first kappa shape index (κ1) is 16.3. The van der Waals surface area contributed by atoms with E-state index in [0.717, 1.165) is 13.0 Å². The van der Waals surface area contributed by atoms with Crippen molar-refractivity contribution in [2.75, 3.05) is 32.9 Å². The van der Waals surface area contributed by atoms with Gasteiger partial charge in [0.05, 0.1) is 32.5 Å². The molecule has 1 atom stereocenters. The van der Waals surface area contributed by atoms with E-state index in [9.17, 15) is 5.11 Å². The number of hydrogen-bond donors (Lipinski definition) is 2. The zero-order valence-electron chi connectivity index (χ0n) is 11.2. The Balaban J connectivity index is 1.87. The fourth-order valence-corrected chi connectivity index (χ4v) is 2.07. The fourth-order valence-electron chi connectivity index (χ4n) is 1.43. The van der Waals surface area contributed by atoms with Gasteiger partial charge in [-0.2, -0.15) is 0 Å². The second-order valence-corrected chi connectivity index (χ2v) is 5.17. The van der Waals surface area contributed by atoms with Crippen molar-refractivity contribution >= 4 is 11.3 Å². The van der Waals surface area contributed by atoms with Crippen LogP contribution in [0.15, 0.2) is 30.2 Å². The summed E-state index contributed by atoms with van der Waals surface area (Å²) in [6, 6.07) is 4.02. The molecule has 1 aromatic heterocycles. The molecule has 0 radical (unpaired) electrons. The number of aliphatic hydroxyl groups is 1. The molecule has 0 saturated carbocycles. The lowest BCUT2D eigenvalue weighted by atomic mass is 10.4. The number of aliphatic hydroxyl groups excluding tert-OH is 1. The highest BCUT2D eigenvalue weighted by Gasteiger charge is 2.04. The van der Waals surface area contributed by atoms with Crippen LogP contribution in [0.4, 0.5) is 0 Å². The van der Waals surface area contributed by atoms with Crippen LogP contribution < -0.4 is 5.32 Å². The molecule has 1 heterocycles. The quantitative estimate of drug-likeness (QED) is 0.454. The van der Waals surface area contributed by atoms with Gasteiger partial charge in [-0.05, 0) is 17.9 Å². The summed E-state index contributed by atoms with van der Waals surface area (Å²) in [5, 5.41) is 14.8. The molecule has 0 fully saturated rings. The fraction of sp³-hybridized carbons (Fsp3) is 0.571. The zero-order valence-corrected chi connectivity index (χ0v) is 12.0. The van der Waals surface area contributed by atoms with E-state index in [1.165, 1.54) is 4.88 Å². The van der Waals surface area contributed by atoms with Gasteiger partial charge in [-0.25, -0.2) is 0 Å². The molecule has 1 rings (SSSR count). The maximum Gasteiger partial charge on any atom is 0.0897 e. The Bertz CT molecular complexity index is 317. The summed E-state index contributed by atoms with van der Waals surface area (Å²) in [5.74, 6) is 0. The molecular formula is C14H23NO3S. The van der Waals surface area contributed by atoms with E-state index in [0.29, 0.717) is 33.0 Å². The summed E-state index contributed by atoms with van der Waals surface area (Å²) in [5.41, 5.74) is 0. The van der Waals surface area contributed by atoms with Gasteiger partial charge in [-0.3, -0.25) is 0 Å². The normalized spacial score (nSPS) is 12.5. The van der Waals surface area contributed by atoms with Crippen LogP contribution in [0.5, 0.6) is 0 Å². The highest BCUT2D eigenvalue weighted by molar-refractivity contribution is 7.09. The third-order valence-corrected chi connectivity index (χ3v) is 3.25. The van der Waals surface area contributed by atoms with Gasteiger partial charge in [0.15, 0.2) is 0 Å². The lowest BCUT2D eigenvalue weighted by Crippen LogP contribution is -2.32. The van der Waals surface area contributed by atoms with Crippen LogP contribution in [0.3, 0.4) is 0 Å². The summed E-state index contributed by atoms with van der Waals surface area (Å²) in [6.45, 7) is 7.15. The summed E-state index contributed by atoms with van der Waals surface area (Å²) in [7, 11) is 0. The van der Waals surface area contributed by atoms with Gasteiger partial charge in [0.2, 0.25) is 0 Å². The Morgan fingerprint density at radius 1 is 1.42 bits per heavy atom. The standard InChI is InChI=1S/C14H23NO3S/c1-2-3-7-17-8-6-15-10-13(16)11-18-12-14-5-4-9-19-14/h2,4-5,9,13,15-16H,1,3,6-8,10-12H2. The number of rotatable bonds is 12. The van der Waals surface area contributed by atoms with Crippen molar-refractivity contribution < 1.29 is 14.6 Å². The molecular weight excluding hydrogens is 262 g/mol. The maximum atomic E-state index is 9.68. The van der Waals surface area contributed by atoms with Gasteiger partial charge in [-0.1, -0.05) is 12.1 Å². The van der Waals surface area contributed by atoms with Crippen LogP contribution in [0.2, 0.25) is 0 Å². The predicted molar refractivity (Wildman–Crippen MR) is 78.5 cm³/mol. The number of hydrogen-bond acceptors (Lipinski definition) is 5. The van der Waals surface area contributed by atoms with Crippen molar-refractivity contribution in [3.8, 4) is 0 Å². The van der Waals surface area contributed by atoms with Gasteiger partial charge in [0.25, 0.3) is 0 Å². The Morgan fingerprint density at radius 3 is 3.05 bits per heavy atom. The molecule has 1 unspecified atom stereocenters. The zero-order chi connectivity index (χ0) is 13.8. The molecule has 108 valence electrons. The van der Waals surface area contributed by atoms with Crippen LogP contribution in [0.25, 0.3) is 0 Å². The molecule has 0 saturated heterocycles. The average molecular weight is 285 g/mol. The van der Waals surface area contributed by atoms with Gasteiger partial charge in [0, 0.05) is 18.0 Å². The van der Waals surface area contributed by atoms with Crippen LogP contribution in [-0.4, -0.2) is 44.1 Å². The molecule has 2 N–H and O–H groups in total. The van der Waals surface area contributed by atoms with Crippen molar-refractivity contribution in [3.63, 3.8) is 0 Å².